The van der Waals surface area contributed by atoms with E-state index in [2.05, 4.69) is 17.4 Å². The second kappa shape index (κ2) is 4.50. The number of hydrogen-bond donors (Lipinski definition) is 1. The van der Waals surface area contributed by atoms with E-state index < -0.39 is 11.6 Å². The van der Waals surface area contributed by atoms with Crippen molar-refractivity contribution in [2.45, 2.75) is 19.0 Å². The second-order valence-electron chi connectivity index (χ2n) is 4.61. The van der Waals surface area contributed by atoms with Gasteiger partial charge in [-0.3, -0.25) is 0 Å². The normalized spacial score (nSPS) is 17.8. The molecule has 2 aromatic rings. The van der Waals surface area contributed by atoms with Crippen molar-refractivity contribution in [1.82, 2.24) is 5.32 Å². The molecule has 0 fully saturated rings. The van der Waals surface area contributed by atoms with Crippen LogP contribution < -0.4 is 5.32 Å². The summed E-state index contributed by atoms with van der Waals surface area (Å²) < 4.78 is 26.3. The molecular weight excluding hydrogens is 232 g/mol. The van der Waals surface area contributed by atoms with Gasteiger partial charge in [0, 0.05) is 18.7 Å². The highest BCUT2D eigenvalue weighted by Gasteiger charge is 2.21. The third-order valence-electron chi connectivity index (χ3n) is 3.33. The lowest BCUT2D eigenvalue weighted by Gasteiger charge is -2.12. The third kappa shape index (κ3) is 2.14. The SMILES string of the molecule is Fc1cc(F)cc(CC2NCc3ccccc32)c1. The molecule has 0 saturated heterocycles. The molecule has 2 aromatic carbocycles. The molecule has 0 saturated carbocycles. The Hall–Kier alpha value is -1.74. The van der Waals surface area contributed by atoms with Gasteiger partial charge < -0.3 is 5.32 Å². The van der Waals surface area contributed by atoms with E-state index in [1.165, 1.54) is 23.3 Å². The van der Waals surface area contributed by atoms with Crippen LogP contribution in [0.3, 0.4) is 0 Å². The summed E-state index contributed by atoms with van der Waals surface area (Å²) in [7, 11) is 0. The number of benzene rings is 2. The van der Waals surface area contributed by atoms with Crippen LogP contribution in [0.25, 0.3) is 0 Å². The molecular formula is C15H13F2N. The summed E-state index contributed by atoms with van der Waals surface area (Å²) in [6.45, 7) is 0.818. The molecule has 1 aliphatic heterocycles. The van der Waals surface area contributed by atoms with Crippen molar-refractivity contribution in [3.63, 3.8) is 0 Å². The molecule has 1 atom stereocenters. The fraction of sp³-hybridized carbons (Fsp3) is 0.200. The number of rotatable bonds is 2. The monoisotopic (exact) mass is 245 g/mol. The minimum Gasteiger partial charge on any atom is -0.306 e. The smallest absolute Gasteiger partial charge is 0.126 e. The number of halogens is 2. The standard InChI is InChI=1S/C15H13F2N/c16-12-5-10(6-13(17)8-12)7-15-14-4-2-1-3-11(14)9-18-15/h1-6,8,15,18H,7,9H2. The van der Waals surface area contributed by atoms with Crippen molar-refractivity contribution in [3.8, 4) is 0 Å². The van der Waals surface area contributed by atoms with E-state index in [9.17, 15) is 8.78 Å². The summed E-state index contributed by atoms with van der Waals surface area (Å²) in [6, 6.07) is 12.0. The van der Waals surface area contributed by atoms with Crippen LogP contribution in [0.2, 0.25) is 0 Å². The molecule has 92 valence electrons. The van der Waals surface area contributed by atoms with Crippen LogP contribution in [-0.4, -0.2) is 0 Å². The number of fused-ring (bicyclic) bond motifs is 1. The molecule has 0 bridgehead atoms. The molecule has 0 aliphatic carbocycles. The van der Waals surface area contributed by atoms with Crippen molar-refractivity contribution in [1.29, 1.82) is 0 Å². The van der Waals surface area contributed by atoms with Gasteiger partial charge in [0.25, 0.3) is 0 Å². The highest BCUT2D eigenvalue weighted by Crippen LogP contribution is 2.28. The van der Waals surface area contributed by atoms with Gasteiger partial charge in [-0.15, -0.1) is 0 Å². The van der Waals surface area contributed by atoms with Crippen LogP contribution in [0.1, 0.15) is 22.7 Å². The summed E-state index contributed by atoms with van der Waals surface area (Å²) in [5.74, 6) is -1.03. The quantitative estimate of drug-likeness (QED) is 0.855. The van der Waals surface area contributed by atoms with E-state index in [1.807, 2.05) is 12.1 Å². The molecule has 1 N–H and O–H groups in total. The van der Waals surface area contributed by atoms with Gasteiger partial charge in [-0.1, -0.05) is 24.3 Å². The predicted molar refractivity (Wildman–Crippen MR) is 66.1 cm³/mol. The van der Waals surface area contributed by atoms with Crippen molar-refractivity contribution in [2.75, 3.05) is 0 Å². The lowest BCUT2D eigenvalue weighted by molar-refractivity contribution is 0.558. The van der Waals surface area contributed by atoms with E-state index in [-0.39, 0.29) is 6.04 Å². The molecule has 3 heteroatoms. The van der Waals surface area contributed by atoms with E-state index in [0.29, 0.717) is 12.0 Å². The van der Waals surface area contributed by atoms with E-state index >= 15 is 0 Å². The van der Waals surface area contributed by atoms with Gasteiger partial charge in [0.15, 0.2) is 0 Å². The van der Waals surface area contributed by atoms with E-state index in [0.717, 1.165) is 12.6 Å². The van der Waals surface area contributed by atoms with Gasteiger partial charge in [0.2, 0.25) is 0 Å². The lowest BCUT2D eigenvalue weighted by Crippen LogP contribution is -2.14. The molecule has 1 aliphatic rings. The Morgan fingerprint density at radius 3 is 2.56 bits per heavy atom. The average molecular weight is 245 g/mol. The Morgan fingerprint density at radius 2 is 1.78 bits per heavy atom. The molecule has 3 rings (SSSR count). The lowest BCUT2D eigenvalue weighted by atomic mass is 9.98. The zero-order chi connectivity index (χ0) is 12.5. The van der Waals surface area contributed by atoms with Crippen molar-refractivity contribution in [2.24, 2.45) is 0 Å². The molecule has 1 unspecified atom stereocenters. The van der Waals surface area contributed by atoms with Crippen LogP contribution >= 0.6 is 0 Å². The highest BCUT2D eigenvalue weighted by molar-refractivity contribution is 5.35. The second-order valence-corrected chi connectivity index (χ2v) is 4.61. The van der Waals surface area contributed by atoms with Gasteiger partial charge >= 0.3 is 0 Å². The van der Waals surface area contributed by atoms with Gasteiger partial charge in [0.05, 0.1) is 0 Å². The first-order valence-electron chi connectivity index (χ1n) is 5.98. The Kier molecular flexibility index (Phi) is 2.84. The van der Waals surface area contributed by atoms with Gasteiger partial charge in [-0.25, -0.2) is 8.78 Å². The largest absolute Gasteiger partial charge is 0.306 e. The van der Waals surface area contributed by atoms with Gasteiger partial charge in [-0.2, -0.15) is 0 Å². The van der Waals surface area contributed by atoms with Gasteiger partial charge in [-0.05, 0) is 35.2 Å². The summed E-state index contributed by atoms with van der Waals surface area (Å²) in [5.41, 5.74) is 3.17. The Bertz CT molecular complexity index is 560. The molecule has 0 aromatic heterocycles. The molecule has 0 amide bonds. The first-order valence-corrected chi connectivity index (χ1v) is 5.98. The molecule has 1 nitrogen and oxygen atoms in total. The summed E-state index contributed by atoms with van der Waals surface area (Å²) in [5, 5.41) is 3.36. The number of hydrogen-bond acceptors (Lipinski definition) is 1. The zero-order valence-electron chi connectivity index (χ0n) is 9.79. The maximum Gasteiger partial charge on any atom is 0.126 e. The summed E-state index contributed by atoms with van der Waals surface area (Å²) >= 11 is 0. The van der Waals surface area contributed by atoms with E-state index in [4.69, 9.17) is 0 Å². The van der Waals surface area contributed by atoms with Crippen LogP contribution in [0, 0.1) is 11.6 Å². The molecule has 0 radical (unpaired) electrons. The third-order valence-corrected chi connectivity index (χ3v) is 3.33. The predicted octanol–water partition coefficient (Wildman–Crippen LogP) is 3.35. The fourth-order valence-corrected chi connectivity index (χ4v) is 2.52. The maximum absolute atomic E-state index is 13.1. The highest BCUT2D eigenvalue weighted by atomic mass is 19.1. The average Bonchev–Trinajstić information content (AvgIpc) is 2.72. The van der Waals surface area contributed by atoms with Crippen LogP contribution in [-0.2, 0) is 13.0 Å². The molecule has 18 heavy (non-hydrogen) atoms. The Morgan fingerprint density at radius 1 is 1.06 bits per heavy atom. The molecule has 1 heterocycles. The first kappa shape index (κ1) is 11.4. The van der Waals surface area contributed by atoms with Crippen molar-refractivity contribution in [3.05, 3.63) is 70.8 Å². The summed E-state index contributed by atoms with van der Waals surface area (Å²) in [6.07, 6.45) is 0.603. The van der Waals surface area contributed by atoms with Crippen LogP contribution in [0.15, 0.2) is 42.5 Å². The Balaban J connectivity index is 1.86. The minimum absolute atomic E-state index is 0.141. The fourth-order valence-electron chi connectivity index (χ4n) is 2.52. The van der Waals surface area contributed by atoms with E-state index in [1.54, 1.807) is 0 Å². The topological polar surface area (TPSA) is 12.0 Å². The summed E-state index contributed by atoms with van der Waals surface area (Å²) in [4.78, 5) is 0. The van der Waals surface area contributed by atoms with Crippen LogP contribution in [0.5, 0.6) is 0 Å². The first-order chi connectivity index (χ1) is 8.72. The number of nitrogens with one attached hydrogen (secondary N) is 1. The zero-order valence-corrected chi connectivity index (χ0v) is 9.79. The Labute approximate surface area is 104 Å². The minimum atomic E-state index is -0.517. The van der Waals surface area contributed by atoms with Gasteiger partial charge in [0.1, 0.15) is 11.6 Å². The van der Waals surface area contributed by atoms with Crippen molar-refractivity contribution >= 4 is 0 Å². The van der Waals surface area contributed by atoms with Crippen LogP contribution in [0.4, 0.5) is 8.78 Å². The molecule has 0 spiro atoms. The van der Waals surface area contributed by atoms with Crippen molar-refractivity contribution < 1.29 is 8.78 Å². The maximum atomic E-state index is 13.1.